The molecule has 1 unspecified atom stereocenters. The van der Waals surface area contributed by atoms with E-state index in [1.807, 2.05) is 4.90 Å². The summed E-state index contributed by atoms with van der Waals surface area (Å²) in [5.74, 6) is -0.322. The summed E-state index contributed by atoms with van der Waals surface area (Å²) in [5, 5.41) is 0. The van der Waals surface area contributed by atoms with Gasteiger partial charge in [-0.1, -0.05) is 25.3 Å². The zero-order valence-corrected chi connectivity index (χ0v) is 16.7. The van der Waals surface area contributed by atoms with E-state index >= 15 is 0 Å². The highest BCUT2D eigenvalue weighted by Gasteiger charge is 2.36. The van der Waals surface area contributed by atoms with Crippen LogP contribution in [-0.2, 0) is 4.79 Å². The Bertz CT molecular complexity index is 1090. The second-order valence-electron chi connectivity index (χ2n) is 8.38. The van der Waals surface area contributed by atoms with Gasteiger partial charge in [0, 0.05) is 24.1 Å². The summed E-state index contributed by atoms with van der Waals surface area (Å²) in [6.45, 7) is 0.741. The number of hydrogen-bond acceptors (Lipinski definition) is 3. The van der Waals surface area contributed by atoms with Crippen LogP contribution in [0.3, 0.4) is 0 Å². The molecule has 4 nitrogen and oxygen atoms in total. The zero-order chi connectivity index (χ0) is 20.7. The van der Waals surface area contributed by atoms with Crippen molar-refractivity contribution in [3.63, 3.8) is 0 Å². The minimum Gasteiger partial charge on any atom is -0.438 e. The van der Waals surface area contributed by atoms with Crippen molar-refractivity contribution in [3.05, 3.63) is 53.9 Å². The maximum atomic E-state index is 14.2. The van der Waals surface area contributed by atoms with Crippen molar-refractivity contribution in [2.75, 3.05) is 6.54 Å². The van der Waals surface area contributed by atoms with Crippen molar-refractivity contribution in [3.8, 4) is 11.1 Å². The first-order chi connectivity index (χ1) is 14.6. The van der Waals surface area contributed by atoms with Gasteiger partial charge in [0.05, 0.1) is 0 Å². The summed E-state index contributed by atoms with van der Waals surface area (Å²) in [7, 11) is 0. The van der Waals surface area contributed by atoms with Crippen LogP contribution in [0.2, 0.25) is 0 Å². The first-order valence-corrected chi connectivity index (χ1v) is 10.8. The van der Waals surface area contributed by atoms with Crippen molar-refractivity contribution in [2.24, 2.45) is 5.92 Å². The quantitative estimate of drug-likeness (QED) is 0.531. The molecule has 1 aliphatic heterocycles. The molecule has 1 aliphatic carbocycles. The number of aromatic nitrogens is 1. The molecule has 0 bridgehead atoms. The number of hydrogen-bond donors (Lipinski definition) is 0. The zero-order valence-electron chi connectivity index (χ0n) is 16.7. The molecule has 5 rings (SSSR count). The number of nitrogens with zero attached hydrogens (tertiary/aromatic N) is 2. The maximum absolute atomic E-state index is 14.2. The van der Waals surface area contributed by atoms with Crippen LogP contribution < -0.4 is 0 Å². The summed E-state index contributed by atoms with van der Waals surface area (Å²) in [4.78, 5) is 19.7. The average molecular weight is 410 g/mol. The number of likely N-dealkylation sites (tertiary alicyclic amines) is 1. The molecular formula is C24H24F2N2O2. The van der Waals surface area contributed by atoms with Gasteiger partial charge in [0.2, 0.25) is 11.8 Å². The predicted molar refractivity (Wildman–Crippen MR) is 110 cm³/mol. The highest BCUT2D eigenvalue weighted by atomic mass is 19.1. The summed E-state index contributed by atoms with van der Waals surface area (Å²) >= 11 is 0. The molecule has 6 heteroatoms. The van der Waals surface area contributed by atoms with Gasteiger partial charge in [0.25, 0.3) is 0 Å². The number of carbonyl (C=O) groups excluding carboxylic acids is 1. The Morgan fingerprint density at radius 2 is 1.83 bits per heavy atom. The Kier molecular flexibility index (Phi) is 5.01. The van der Waals surface area contributed by atoms with Crippen molar-refractivity contribution < 1.29 is 18.0 Å². The summed E-state index contributed by atoms with van der Waals surface area (Å²) in [6.07, 6.45) is 7.19. The molecule has 30 heavy (non-hydrogen) atoms. The standard InChI is InChI=1S/C24H24F2N2O2/c25-17-9-10-18(19(26)14-17)16-8-11-22-20(13-16)27-23(30-22)21-7-4-12-28(21)24(29)15-5-2-1-3-6-15/h8-11,13-15,21H,1-7,12H2. The Hall–Kier alpha value is -2.76. The van der Waals surface area contributed by atoms with Gasteiger partial charge in [-0.2, -0.15) is 0 Å². The summed E-state index contributed by atoms with van der Waals surface area (Å²) in [6, 6.07) is 8.65. The number of carbonyl (C=O) groups is 1. The van der Waals surface area contributed by atoms with Crippen molar-refractivity contribution in [2.45, 2.75) is 51.0 Å². The SMILES string of the molecule is O=C(C1CCCCC1)N1CCCC1c1nc2cc(-c3ccc(F)cc3F)ccc2o1. The fraction of sp³-hybridized carbons (Fsp3) is 0.417. The van der Waals surface area contributed by atoms with Gasteiger partial charge in [-0.25, -0.2) is 13.8 Å². The smallest absolute Gasteiger partial charge is 0.226 e. The van der Waals surface area contributed by atoms with Gasteiger partial charge in [-0.3, -0.25) is 4.79 Å². The monoisotopic (exact) mass is 410 g/mol. The normalized spacial score (nSPS) is 20.2. The van der Waals surface area contributed by atoms with Crippen LogP contribution in [0.15, 0.2) is 40.8 Å². The molecule has 3 aromatic rings. The van der Waals surface area contributed by atoms with E-state index in [0.29, 0.717) is 28.1 Å². The van der Waals surface area contributed by atoms with Crippen molar-refractivity contribution >= 4 is 17.0 Å². The Morgan fingerprint density at radius 3 is 2.63 bits per heavy atom. The maximum Gasteiger partial charge on any atom is 0.226 e. The first-order valence-electron chi connectivity index (χ1n) is 10.8. The number of halogens is 2. The molecule has 0 spiro atoms. The van der Waals surface area contributed by atoms with E-state index in [9.17, 15) is 13.6 Å². The van der Waals surface area contributed by atoms with Crippen molar-refractivity contribution in [1.29, 1.82) is 0 Å². The number of oxazole rings is 1. The molecule has 2 heterocycles. The van der Waals surface area contributed by atoms with E-state index in [0.717, 1.165) is 51.1 Å². The Balaban J connectivity index is 1.43. The number of amides is 1. The van der Waals surface area contributed by atoms with Gasteiger partial charge in [-0.05, 0) is 55.5 Å². The highest BCUT2D eigenvalue weighted by molar-refractivity contribution is 5.81. The average Bonchev–Trinajstić information content (AvgIpc) is 3.40. The van der Waals surface area contributed by atoms with Gasteiger partial charge in [0.15, 0.2) is 5.58 Å². The van der Waals surface area contributed by atoms with Gasteiger partial charge in [-0.15, -0.1) is 0 Å². The summed E-state index contributed by atoms with van der Waals surface area (Å²) < 4.78 is 33.4. The molecule has 0 N–H and O–H groups in total. The second-order valence-corrected chi connectivity index (χ2v) is 8.38. The van der Waals surface area contributed by atoms with Crippen LogP contribution in [0.5, 0.6) is 0 Å². The number of fused-ring (bicyclic) bond motifs is 1. The molecule has 156 valence electrons. The molecule has 0 radical (unpaired) electrons. The topological polar surface area (TPSA) is 46.3 Å². The van der Waals surface area contributed by atoms with Crippen LogP contribution in [-0.4, -0.2) is 22.3 Å². The lowest BCUT2D eigenvalue weighted by molar-refractivity contribution is -0.137. The van der Waals surface area contributed by atoms with Crippen molar-refractivity contribution in [1.82, 2.24) is 9.88 Å². The van der Waals surface area contributed by atoms with E-state index in [2.05, 4.69) is 4.98 Å². The van der Waals surface area contributed by atoms with Crippen LogP contribution in [0.4, 0.5) is 8.78 Å². The third kappa shape index (κ3) is 3.48. The molecule has 2 aromatic carbocycles. The van der Waals surface area contributed by atoms with Gasteiger partial charge in [0.1, 0.15) is 23.2 Å². The third-order valence-electron chi connectivity index (χ3n) is 6.42. The van der Waals surface area contributed by atoms with E-state index in [-0.39, 0.29) is 17.9 Å². The molecule has 2 fully saturated rings. The fourth-order valence-electron chi connectivity index (χ4n) is 4.85. The number of benzene rings is 2. The third-order valence-corrected chi connectivity index (χ3v) is 6.42. The minimum absolute atomic E-state index is 0.122. The second kappa shape index (κ2) is 7.82. The van der Waals surface area contributed by atoms with Crippen LogP contribution in [0, 0.1) is 17.6 Å². The van der Waals surface area contributed by atoms with E-state index < -0.39 is 11.6 Å². The lowest BCUT2D eigenvalue weighted by Crippen LogP contribution is -2.36. The summed E-state index contributed by atoms with van der Waals surface area (Å²) in [5.41, 5.74) is 2.15. The largest absolute Gasteiger partial charge is 0.438 e. The predicted octanol–water partition coefficient (Wildman–Crippen LogP) is 6.02. The lowest BCUT2D eigenvalue weighted by Gasteiger charge is -2.29. The van der Waals surface area contributed by atoms with Crippen LogP contribution in [0.25, 0.3) is 22.2 Å². The highest BCUT2D eigenvalue weighted by Crippen LogP contribution is 2.37. The fourth-order valence-corrected chi connectivity index (χ4v) is 4.85. The minimum atomic E-state index is -0.613. The molecule has 1 saturated carbocycles. The molecule has 1 amide bonds. The first kappa shape index (κ1) is 19.2. The molecule has 2 aliphatic rings. The van der Waals surface area contributed by atoms with Gasteiger partial charge < -0.3 is 9.32 Å². The number of rotatable bonds is 3. The van der Waals surface area contributed by atoms with E-state index in [4.69, 9.17) is 4.42 Å². The van der Waals surface area contributed by atoms with E-state index in [1.165, 1.54) is 18.6 Å². The van der Waals surface area contributed by atoms with E-state index in [1.54, 1.807) is 18.2 Å². The molecular weight excluding hydrogens is 386 g/mol. The molecule has 1 saturated heterocycles. The van der Waals surface area contributed by atoms with Crippen LogP contribution in [0.1, 0.15) is 56.9 Å². The Labute approximate surface area is 173 Å². The van der Waals surface area contributed by atoms with Crippen LogP contribution >= 0.6 is 0 Å². The van der Waals surface area contributed by atoms with Gasteiger partial charge >= 0.3 is 0 Å². The Morgan fingerprint density at radius 1 is 1.00 bits per heavy atom. The molecule has 1 aromatic heterocycles. The lowest BCUT2D eigenvalue weighted by atomic mass is 9.88. The molecule has 1 atom stereocenters.